The molecule has 1 aromatic heterocycles. The number of rotatable bonds is 9. The van der Waals surface area contributed by atoms with Crippen molar-refractivity contribution in [2.75, 3.05) is 44.6 Å². The van der Waals surface area contributed by atoms with Crippen molar-refractivity contribution in [3.8, 4) is 0 Å². The zero-order valence-electron chi connectivity index (χ0n) is 17.5. The van der Waals surface area contributed by atoms with E-state index < -0.39 is 0 Å². The van der Waals surface area contributed by atoms with E-state index in [-0.39, 0.29) is 17.8 Å². The van der Waals surface area contributed by atoms with Gasteiger partial charge in [0.1, 0.15) is 5.82 Å². The summed E-state index contributed by atoms with van der Waals surface area (Å²) in [6, 6.07) is 4.21. The van der Waals surface area contributed by atoms with Crippen LogP contribution in [0.25, 0.3) is 0 Å². The van der Waals surface area contributed by atoms with Crippen LogP contribution >= 0.6 is 0 Å². The minimum atomic E-state index is -0.159. The number of ether oxygens (including phenoxy) is 1. The quantitative estimate of drug-likeness (QED) is 0.486. The maximum absolute atomic E-state index is 12.5. The molecule has 0 atom stereocenters. The molecule has 3 rings (SSSR count). The van der Waals surface area contributed by atoms with E-state index in [1.165, 1.54) is 5.56 Å². The molecule has 29 heavy (non-hydrogen) atoms. The van der Waals surface area contributed by atoms with E-state index in [0.29, 0.717) is 19.7 Å². The summed E-state index contributed by atoms with van der Waals surface area (Å²) in [6.07, 6.45) is 6.48. The summed E-state index contributed by atoms with van der Waals surface area (Å²) in [4.78, 5) is 31.0. The average Bonchev–Trinajstić information content (AvgIpc) is 2.74. The Morgan fingerprint density at radius 3 is 2.93 bits per heavy atom. The summed E-state index contributed by atoms with van der Waals surface area (Å²) in [5, 5.41) is 6.41. The summed E-state index contributed by atoms with van der Waals surface area (Å²) in [5.74, 6) is 0.987. The van der Waals surface area contributed by atoms with Crippen LogP contribution in [-0.2, 0) is 27.2 Å². The van der Waals surface area contributed by atoms with E-state index in [0.717, 1.165) is 76.1 Å². The van der Waals surface area contributed by atoms with Gasteiger partial charge < -0.3 is 15.4 Å². The summed E-state index contributed by atoms with van der Waals surface area (Å²) < 4.78 is 5.22. The van der Waals surface area contributed by atoms with Crippen LogP contribution in [0.3, 0.4) is 0 Å². The first-order valence-electron chi connectivity index (χ1n) is 11.0. The highest BCUT2D eigenvalue weighted by atomic mass is 16.5. The maximum Gasteiger partial charge on any atom is 0.320 e. The van der Waals surface area contributed by atoms with E-state index in [1.807, 2.05) is 0 Å². The number of piperidine rings is 1. The number of hydrogen-bond acceptors (Lipinski definition) is 6. The summed E-state index contributed by atoms with van der Waals surface area (Å²) in [5.41, 5.74) is 2.29. The van der Waals surface area contributed by atoms with Crippen LogP contribution in [0.4, 0.5) is 5.82 Å². The standard InChI is InChI=1S/C22H34N4O3/c1-2-3-15-29-20(27)16-26-13-9-18(10-14-26)22(28)24-12-8-19-7-6-17-5-4-11-23-21(17)25-19/h6-7,18H,2-5,8-16H2,1H3,(H,23,25)(H,24,28). The third-order valence-electron chi connectivity index (χ3n) is 5.70. The second-order valence-electron chi connectivity index (χ2n) is 8.01. The minimum Gasteiger partial charge on any atom is -0.465 e. The molecule has 7 heteroatoms. The van der Waals surface area contributed by atoms with E-state index >= 15 is 0 Å². The highest BCUT2D eigenvalue weighted by Crippen LogP contribution is 2.20. The predicted octanol–water partition coefficient (Wildman–Crippen LogP) is 2.15. The first kappa shape index (κ1) is 21.6. The normalized spacial score (nSPS) is 17.3. The second-order valence-corrected chi connectivity index (χ2v) is 8.01. The number of fused-ring (bicyclic) bond motifs is 1. The highest BCUT2D eigenvalue weighted by Gasteiger charge is 2.26. The largest absolute Gasteiger partial charge is 0.465 e. The van der Waals surface area contributed by atoms with Crippen molar-refractivity contribution in [1.29, 1.82) is 0 Å². The van der Waals surface area contributed by atoms with E-state index in [4.69, 9.17) is 4.74 Å². The van der Waals surface area contributed by atoms with Crippen molar-refractivity contribution in [3.63, 3.8) is 0 Å². The minimum absolute atomic E-state index is 0.0283. The van der Waals surface area contributed by atoms with Crippen LogP contribution in [0.1, 0.15) is 50.3 Å². The zero-order chi connectivity index (χ0) is 20.5. The van der Waals surface area contributed by atoms with Crippen molar-refractivity contribution in [2.45, 2.75) is 51.9 Å². The molecule has 1 aromatic rings. The smallest absolute Gasteiger partial charge is 0.320 e. The summed E-state index contributed by atoms with van der Waals surface area (Å²) >= 11 is 0. The van der Waals surface area contributed by atoms with Gasteiger partial charge in [-0.25, -0.2) is 4.98 Å². The Labute approximate surface area is 173 Å². The molecule has 160 valence electrons. The molecule has 0 spiro atoms. The molecule has 0 aliphatic carbocycles. The number of likely N-dealkylation sites (tertiary alicyclic amines) is 1. The molecule has 0 aromatic carbocycles. The van der Waals surface area contributed by atoms with Gasteiger partial charge in [0.25, 0.3) is 0 Å². The van der Waals surface area contributed by atoms with Gasteiger partial charge in [-0.1, -0.05) is 19.4 Å². The van der Waals surface area contributed by atoms with Gasteiger partial charge >= 0.3 is 5.97 Å². The number of hydrogen-bond donors (Lipinski definition) is 2. The molecule has 3 heterocycles. The van der Waals surface area contributed by atoms with Crippen molar-refractivity contribution in [1.82, 2.24) is 15.2 Å². The Bertz CT molecular complexity index is 687. The number of aromatic nitrogens is 1. The average molecular weight is 403 g/mol. The Morgan fingerprint density at radius 2 is 2.14 bits per heavy atom. The lowest BCUT2D eigenvalue weighted by atomic mass is 9.96. The first-order chi connectivity index (χ1) is 14.2. The molecule has 0 saturated carbocycles. The van der Waals surface area contributed by atoms with Crippen LogP contribution in [0, 0.1) is 5.92 Å². The van der Waals surface area contributed by atoms with Gasteiger partial charge in [0.05, 0.1) is 13.2 Å². The molecule has 0 unspecified atom stereocenters. The van der Waals surface area contributed by atoms with Gasteiger partial charge in [0, 0.05) is 31.1 Å². The van der Waals surface area contributed by atoms with Crippen LogP contribution in [0.15, 0.2) is 12.1 Å². The van der Waals surface area contributed by atoms with Crippen LogP contribution in [0.5, 0.6) is 0 Å². The number of anilines is 1. The number of nitrogens with one attached hydrogen (secondary N) is 2. The van der Waals surface area contributed by atoms with Gasteiger partial charge in [-0.3, -0.25) is 14.5 Å². The molecular formula is C22H34N4O3. The predicted molar refractivity (Wildman–Crippen MR) is 113 cm³/mol. The number of amides is 1. The molecule has 2 N–H and O–H groups in total. The second kappa shape index (κ2) is 11.1. The molecule has 1 amide bonds. The highest BCUT2D eigenvalue weighted by molar-refractivity contribution is 5.78. The number of nitrogens with zero attached hydrogens (tertiary/aromatic N) is 2. The van der Waals surface area contributed by atoms with Crippen molar-refractivity contribution in [2.24, 2.45) is 5.92 Å². The van der Waals surface area contributed by atoms with E-state index in [2.05, 4.69) is 39.6 Å². The van der Waals surface area contributed by atoms with E-state index in [9.17, 15) is 9.59 Å². The molecule has 1 saturated heterocycles. The SMILES string of the molecule is CCCCOC(=O)CN1CCC(C(=O)NCCc2ccc3c(n2)NCCC3)CC1. The number of aryl methyl sites for hydroxylation is 1. The number of unbranched alkanes of at least 4 members (excludes halogenated alkanes) is 1. The van der Waals surface area contributed by atoms with E-state index in [1.54, 1.807) is 0 Å². The fraction of sp³-hybridized carbons (Fsp3) is 0.682. The van der Waals surface area contributed by atoms with Gasteiger partial charge in [-0.05, 0) is 56.8 Å². The molecule has 7 nitrogen and oxygen atoms in total. The van der Waals surface area contributed by atoms with Crippen LogP contribution < -0.4 is 10.6 Å². The fourth-order valence-electron chi connectivity index (χ4n) is 3.88. The number of carbonyl (C=O) groups excluding carboxylic acids is 2. The fourth-order valence-corrected chi connectivity index (χ4v) is 3.88. The maximum atomic E-state index is 12.5. The van der Waals surface area contributed by atoms with Gasteiger partial charge in [-0.15, -0.1) is 0 Å². The molecule has 2 aliphatic heterocycles. The molecule has 0 radical (unpaired) electrons. The lowest BCUT2D eigenvalue weighted by Crippen LogP contribution is -2.43. The molecular weight excluding hydrogens is 368 g/mol. The van der Waals surface area contributed by atoms with Gasteiger partial charge in [-0.2, -0.15) is 0 Å². The lowest BCUT2D eigenvalue weighted by Gasteiger charge is -2.30. The summed E-state index contributed by atoms with van der Waals surface area (Å²) in [7, 11) is 0. The number of carbonyl (C=O) groups is 2. The third-order valence-corrected chi connectivity index (χ3v) is 5.70. The number of pyridine rings is 1. The monoisotopic (exact) mass is 402 g/mol. The lowest BCUT2D eigenvalue weighted by molar-refractivity contribution is -0.145. The van der Waals surface area contributed by atoms with Gasteiger partial charge in [0.2, 0.25) is 5.91 Å². The van der Waals surface area contributed by atoms with Crippen molar-refractivity contribution < 1.29 is 14.3 Å². The summed E-state index contributed by atoms with van der Waals surface area (Å²) in [6.45, 7) is 6.02. The number of esters is 1. The first-order valence-corrected chi connectivity index (χ1v) is 11.0. The van der Waals surface area contributed by atoms with Crippen molar-refractivity contribution >= 4 is 17.7 Å². The topological polar surface area (TPSA) is 83.6 Å². The Balaban J connectivity index is 1.33. The Hall–Kier alpha value is -2.15. The molecule has 1 fully saturated rings. The molecule has 2 aliphatic rings. The Kier molecular flexibility index (Phi) is 8.28. The van der Waals surface area contributed by atoms with Crippen LogP contribution in [-0.4, -0.2) is 61.1 Å². The van der Waals surface area contributed by atoms with Crippen LogP contribution in [0.2, 0.25) is 0 Å². The third kappa shape index (κ3) is 6.70. The van der Waals surface area contributed by atoms with Gasteiger partial charge in [0.15, 0.2) is 0 Å². The zero-order valence-corrected chi connectivity index (χ0v) is 17.5. The Morgan fingerprint density at radius 1 is 1.31 bits per heavy atom. The molecule has 0 bridgehead atoms. The van der Waals surface area contributed by atoms with Crippen molar-refractivity contribution in [3.05, 3.63) is 23.4 Å².